The maximum atomic E-state index is 12.8. The van der Waals surface area contributed by atoms with Crippen LogP contribution in [0.5, 0.6) is 5.75 Å². The topological polar surface area (TPSA) is 75.7 Å². The fourth-order valence-corrected chi connectivity index (χ4v) is 5.46. The molecule has 3 rings (SSSR count). The van der Waals surface area contributed by atoms with Gasteiger partial charge in [-0.1, -0.05) is 6.07 Å². The van der Waals surface area contributed by atoms with E-state index in [1.54, 1.807) is 11.3 Å². The predicted molar refractivity (Wildman–Crippen MR) is 106 cm³/mol. The monoisotopic (exact) mass is 462 g/mol. The van der Waals surface area contributed by atoms with Crippen LogP contribution in [0.2, 0.25) is 0 Å². The van der Waals surface area contributed by atoms with Crippen LogP contribution in [0.1, 0.15) is 18.4 Å². The van der Waals surface area contributed by atoms with Gasteiger partial charge in [0.05, 0.1) is 4.90 Å². The van der Waals surface area contributed by atoms with Crippen LogP contribution in [-0.4, -0.2) is 44.6 Å². The molecular weight excluding hydrogens is 441 g/mol. The Kier molecular flexibility index (Phi) is 7.04. The Balaban J connectivity index is 1.54. The van der Waals surface area contributed by atoms with E-state index >= 15 is 0 Å². The first-order valence-corrected chi connectivity index (χ1v) is 11.7. The summed E-state index contributed by atoms with van der Waals surface area (Å²) in [5, 5.41) is 6.87. The van der Waals surface area contributed by atoms with Crippen molar-refractivity contribution in [2.24, 2.45) is 5.92 Å². The molecule has 0 saturated carbocycles. The summed E-state index contributed by atoms with van der Waals surface area (Å²) >= 11 is 1.59. The molecule has 1 aromatic heterocycles. The number of piperidine rings is 1. The number of hydrogen-bond donors (Lipinski definition) is 1. The maximum Gasteiger partial charge on any atom is 0.573 e. The van der Waals surface area contributed by atoms with E-state index < -0.39 is 22.1 Å². The SMILES string of the molecule is O=C(NCCc1ccsc1)C1CCN(S(=O)(=O)c2cccc(OC(F)(F)F)c2)CC1. The quantitative estimate of drug-likeness (QED) is 0.684. The van der Waals surface area contributed by atoms with Crippen molar-refractivity contribution in [3.63, 3.8) is 0 Å². The smallest absolute Gasteiger partial charge is 0.406 e. The van der Waals surface area contributed by atoms with Gasteiger partial charge in [-0.25, -0.2) is 8.42 Å². The Morgan fingerprint density at radius 2 is 1.97 bits per heavy atom. The van der Waals surface area contributed by atoms with E-state index in [0.29, 0.717) is 19.4 Å². The lowest BCUT2D eigenvalue weighted by atomic mass is 9.97. The number of amides is 1. The minimum atomic E-state index is -4.91. The molecular formula is C19H21F3N2O4S2. The first-order chi connectivity index (χ1) is 14.1. The average molecular weight is 463 g/mol. The molecule has 1 fully saturated rings. The molecule has 1 aliphatic heterocycles. The van der Waals surface area contributed by atoms with Gasteiger partial charge in [-0.15, -0.1) is 13.2 Å². The number of thiophene rings is 1. The second-order valence-corrected chi connectivity index (χ2v) is 9.59. The molecule has 0 bridgehead atoms. The summed E-state index contributed by atoms with van der Waals surface area (Å²) in [5.74, 6) is -0.995. The molecule has 1 N–H and O–H groups in total. The van der Waals surface area contributed by atoms with Crippen molar-refractivity contribution < 1.29 is 31.1 Å². The van der Waals surface area contributed by atoms with E-state index in [1.807, 2.05) is 16.8 Å². The molecule has 164 valence electrons. The van der Waals surface area contributed by atoms with Crippen molar-refractivity contribution in [3.05, 3.63) is 46.7 Å². The molecule has 0 atom stereocenters. The zero-order chi connectivity index (χ0) is 21.8. The van der Waals surface area contributed by atoms with E-state index in [9.17, 15) is 26.4 Å². The van der Waals surface area contributed by atoms with Crippen LogP contribution in [-0.2, 0) is 21.2 Å². The molecule has 30 heavy (non-hydrogen) atoms. The number of alkyl halides is 3. The van der Waals surface area contributed by atoms with E-state index in [4.69, 9.17) is 0 Å². The highest BCUT2D eigenvalue weighted by Crippen LogP contribution is 2.28. The van der Waals surface area contributed by atoms with Crippen LogP contribution in [0.4, 0.5) is 13.2 Å². The van der Waals surface area contributed by atoms with Crippen molar-refractivity contribution in [1.82, 2.24) is 9.62 Å². The maximum absolute atomic E-state index is 12.8. The number of nitrogens with one attached hydrogen (secondary N) is 1. The Labute approximate surface area is 176 Å². The fourth-order valence-electron chi connectivity index (χ4n) is 3.25. The Morgan fingerprint density at radius 1 is 1.23 bits per heavy atom. The van der Waals surface area contributed by atoms with Gasteiger partial charge in [0.2, 0.25) is 15.9 Å². The van der Waals surface area contributed by atoms with Gasteiger partial charge in [0.15, 0.2) is 0 Å². The van der Waals surface area contributed by atoms with Crippen LogP contribution in [0.3, 0.4) is 0 Å². The van der Waals surface area contributed by atoms with Crippen molar-refractivity contribution >= 4 is 27.3 Å². The van der Waals surface area contributed by atoms with Crippen LogP contribution < -0.4 is 10.1 Å². The highest BCUT2D eigenvalue weighted by molar-refractivity contribution is 7.89. The molecule has 1 amide bonds. The molecule has 1 saturated heterocycles. The molecule has 1 aliphatic rings. The van der Waals surface area contributed by atoms with Gasteiger partial charge in [0.25, 0.3) is 0 Å². The van der Waals surface area contributed by atoms with E-state index in [2.05, 4.69) is 10.1 Å². The third-order valence-corrected chi connectivity index (χ3v) is 7.42. The van der Waals surface area contributed by atoms with Crippen LogP contribution in [0.25, 0.3) is 0 Å². The van der Waals surface area contributed by atoms with E-state index in [1.165, 1.54) is 16.4 Å². The normalized spacial score (nSPS) is 16.4. The number of carbonyl (C=O) groups excluding carboxylic acids is 1. The number of sulfonamides is 1. The largest absolute Gasteiger partial charge is 0.573 e. The number of rotatable bonds is 7. The molecule has 0 aliphatic carbocycles. The summed E-state index contributed by atoms with van der Waals surface area (Å²) in [4.78, 5) is 12.1. The lowest BCUT2D eigenvalue weighted by molar-refractivity contribution is -0.274. The average Bonchev–Trinajstić information content (AvgIpc) is 3.20. The van der Waals surface area contributed by atoms with Crippen LogP contribution in [0.15, 0.2) is 46.0 Å². The number of halogens is 3. The highest BCUT2D eigenvalue weighted by Gasteiger charge is 2.34. The summed E-state index contributed by atoms with van der Waals surface area (Å²) < 4.78 is 67.7. The second-order valence-electron chi connectivity index (χ2n) is 6.87. The summed E-state index contributed by atoms with van der Waals surface area (Å²) in [5.41, 5.74) is 1.15. The Morgan fingerprint density at radius 3 is 2.60 bits per heavy atom. The van der Waals surface area contributed by atoms with Gasteiger partial charge in [-0.2, -0.15) is 15.6 Å². The van der Waals surface area contributed by atoms with Gasteiger partial charge < -0.3 is 10.1 Å². The van der Waals surface area contributed by atoms with Gasteiger partial charge >= 0.3 is 6.36 Å². The van der Waals surface area contributed by atoms with Gasteiger partial charge in [-0.05, 0) is 53.8 Å². The van der Waals surface area contributed by atoms with Gasteiger partial charge in [0, 0.05) is 31.6 Å². The van der Waals surface area contributed by atoms with Crippen molar-refractivity contribution in [2.75, 3.05) is 19.6 Å². The van der Waals surface area contributed by atoms with Crippen molar-refractivity contribution in [2.45, 2.75) is 30.5 Å². The number of carbonyl (C=O) groups is 1. The van der Waals surface area contributed by atoms with E-state index in [0.717, 1.165) is 24.1 Å². The Hall–Kier alpha value is -2.11. The van der Waals surface area contributed by atoms with Crippen molar-refractivity contribution in [3.8, 4) is 5.75 Å². The second kappa shape index (κ2) is 9.36. The molecule has 0 radical (unpaired) electrons. The summed E-state index contributed by atoms with van der Waals surface area (Å²) in [7, 11) is -3.98. The third-order valence-electron chi connectivity index (χ3n) is 4.79. The zero-order valence-electron chi connectivity index (χ0n) is 15.9. The molecule has 2 heterocycles. The third kappa shape index (κ3) is 5.96. The molecule has 0 spiro atoms. The molecule has 0 unspecified atom stereocenters. The minimum absolute atomic E-state index is 0.108. The van der Waals surface area contributed by atoms with E-state index in [-0.39, 0.29) is 29.8 Å². The van der Waals surface area contributed by atoms with Crippen LogP contribution >= 0.6 is 11.3 Å². The number of hydrogen-bond acceptors (Lipinski definition) is 5. The Bertz CT molecular complexity index is 954. The summed E-state index contributed by atoms with van der Waals surface area (Å²) in [6.45, 7) is 0.755. The molecule has 6 nitrogen and oxygen atoms in total. The van der Waals surface area contributed by atoms with Gasteiger partial charge in [0.1, 0.15) is 5.75 Å². The standard InChI is InChI=1S/C19H21F3N2O4S2/c20-19(21,22)28-16-2-1-3-17(12-16)30(26,27)24-9-5-15(6-10-24)18(25)23-8-4-14-7-11-29-13-14/h1-3,7,11-13,15H,4-6,8-10H2,(H,23,25). The molecule has 11 heteroatoms. The van der Waals surface area contributed by atoms with Crippen LogP contribution in [0, 0.1) is 5.92 Å². The fraction of sp³-hybridized carbons (Fsp3) is 0.421. The van der Waals surface area contributed by atoms with Gasteiger partial charge in [-0.3, -0.25) is 4.79 Å². The highest BCUT2D eigenvalue weighted by atomic mass is 32.2. The first kappa shape index (κ1) is 22.6. The first-order valence-electron chi connectivity index (χ1n) is 9.30. The minimum Gasteiger partial charge on any atom is -0.406 e. The number of benzene rings is 1. The predicted octanol–water partition coefficient (Wildman–Crippen LogP) is 3.41. The number of nitrogens with zero attached hydrogens (tertiary/aromatic N) is 1. The lowest BCUT2D eigenvalue weighted by Crippen LogP contribution is -2.43. The zero-order valence-corrected chi connectivity index (χ0v) is 17.5. The summed E-state index contributed by atoms with van der Waals surface area (Å²) in [6.07, 6.45) is -3.47. The number of ether oxygens (including phenoxy) is 1. The van der Waals surface area contributed by atoms with Crippen molar-refractivity contribution in [1.29, 1.82) is 0 Å². The molecule has 2 aromatic rings. The summed E-state index contributed by atoms with van der Waals surface area (Å²) in [6, 6.07) is 6.31. The molecule has 1 aromatic carbocycles. The lowest BCUT2D eigenvalue weighted by Gasteiger charge is -2.30.